The van der Waals surface area contributed by atoms with Crippen LogP contribution in [-0.4, -0.2) is 346 Å². The van der Waals surface area contributed by atoms with Gasteiger partial charge in [0.05, 0.1) is 57.9 Å². The number of amides is 2. The number of hydrogen-bond donors (Lipinski definition) is 20. The summed E-state index contributed by atoms with van der Waals surface area (Å²) in [4.78, 5) is 41.1. The normalized spacial score (nSPS) is 45.8. The van der Waals surface area contributed by atoms with Gasteiger partial charge >= 0.3 is 5.97 Å². The van der Waals surface area contributed by atoms with Crippen molar-refractivity contribution in [3.63, 3.8) is 0 Å². The minimum absolute atomic E-state index is 0.224. The lowest BCUT2D eigenvalue weighted by atomic mass is 9.88. The van der Waals surface area contributed by atoms with E-state index in [9.17, 15) is 106 Å². The summed E-state index contributed by atoms with van der Waals surface area (Å²) in [5, 5.41) is 204. The summed E-state index contributed by atoms with van der Waals surface area (Å²) in [6.45, 7) is -2.90. The number of aliphatic carboxylic acids is 1. The van der Waals surface area contributed by atoms with Crippen molar-refractivity contribution in [2.24, 2.45) is 5.11 Å². The average Bonchev–Trinajstić information content (AvgIpc) is 3.52. The first-order chi connectivity index (χ1) is 39.2. The Morgan fingerprint density at radius 1 is 0.590 bits per heavy atom. The van der Waals surface area contributed by atoms with Gasteiger partial charge in [-0.05, 0) is 12.5 Å². The second-order valence-corrected chi connectivity index (χ2v) is 20.4. The summed E-state index contributed by atoms with van der Waals surface area (Å²) in [6, 6.07) is -3.66. The van der Waals surface area contributed by atoms with E-state index in [0.717, 1.165) is 13.8 Å². The van der Waals surface area contributed by atoms with Gasteiger partial charge in [-0.25, -0.2) is 4.79 Å². The molecule has 0 aromatic carbocycles. The Morgan fingerprint density at radius 2 is 1.07 bits per heavy atom. The standard InChI is InChI=1S/C45H75N5O33/c1-12-23(60)27(64)29(66)41(73-12)80-36-22(49-14(3)57)39(81-37-25(62)17(8-52)74-42(31(37)68)78-33-19(10-54)77-40(30(67)28(33)65)72-5-4-47-50-46)76-20(11-55)34(36)79-43-32(69)38(26(63)18(9-53)75-43)83-45(44(70)71)6-15(58)21(48-13(2)56)35(82-45)24(61)16(59)7-51/h12,15-43,51-55,58-69H,4-11H2,1-3H3,(H,48,56)(H,49,57)(H,70,71). The number of carbonyl (C=O) groups excluding carboxylic acids is 2. The van der Waals surface area contributed by atoms with Crippen molar-refractivity contribution in [3.05, 3.63) is 10.4 Å². The second kappa shape index (κ2) is 30.0. The van der Waals surface area contributed by atoms with Crippen LogP contribution >= 0.6 is 0 Å². The highest BCUT2D eigenvalue weighted by Gasteiger charge is 2.62. The van der Waals surface area contributed by atoms with Crippen LogP contribution < -0.4 is 10.6 Å². The molecular weight excluding hydrogens is 1140 g/mol. The number of nitrogens with one attached hydrogen (secondary N) is 2. The maximum Gasteiger partial charge on any atom is 0.364 e. The predicted molar refractivity (Wildman–Crippen MR) is 256 cm³/mol. The topological polar surface area (TPSA) is 599 Å². The lowest BCUT2D eigenvalue weighted by Crippen LogP contribution is -2.72. The third-order valence-electron chi connectivity index (χ3n) is 14.7. The third kappa shape index (κ3) is 15.3. The Kier molecular flexibility index (Phi) is 24.8. The molecule has 83 heavy (non-hydrogen) atoms. The van der Waals surface area contributed by atoms with Gasteiger partial charge in [0.25, 0.3) is 5.79 Å². The van der Waals surface area contributed by atoms with E-state index in [1.807, 2.05) is 0 Å². The highest BCUT2D eigenvalue weighted by atomic mass is 16.8. The number of rotatable bonds is 24. The van der Waals surface area contributed by atoms with E-state index in [1.165, 1.54) is 6.92 Å². The molecule has 6 heterocycles. The summed E-state index contributed by atoms with van der Waals surface area (Å²) in [5.41, 5.74) is 8.56. The number of ether oxygens (including phenoxy) is 12. The van der Waals surface area contributed by atoms with Gasteiger partial charge in [-0.15, -0.1) is 0 Å². The average molecular weight is 1210 g/mol. The largest absolute Gasteiger partial charge is 0.477 e. The molecule has 38 nitrogen and oxygen atoms in total. The van der Waals surface area contributed by atoms with Crippen molar-refractivity contribution < 1.29 is 163 Å². The quantitative estimate of drug-likeness (QED) is 0.0185. The van der Waals surface area contributed by atoms with Crippen LogP contribution in [0.25, 0.3) is 10.4 Å². The molecule has 2 amide bonds. The number of carbonyl (C=O) groups is 3. The van der Waals surface area contributed by atoms with Gasteiger partial charge in [0.15, 0.2) is 31.5 Å². The molecule has 478 valence electrons. The molecule has 0 spiro atoms. The van der Waals surface area contributed by atoms with Crippen LogP contribution in [0.2, 0.25) is 0 Å². The molecule has 0 aromatic heterocycles. The van der Waals surface area contributed by atoms with Gasteiger partial charge in [-0.2, -0.15) is 0 Å². The zero-order valence-corrected chi connectivity index (χ0v) is 44.5. The van der Waals surface area contributed by atoms with Crippen molar-refractivity contribution in [1.29, 1.82) is 0 Å². The van der Waals surface area contributed by atoms with Crippen LogP contribution in [0.3, 0.4) is 0 Å². The Morgan fingerprint density at radius 3 is 1.63 bits per heavy atom. The smallest absolute Gasteiger partial charge is 0.364 e. The molecule has 31 atom stereocenters. The molecule has 6 aliphatic rings. The molecule has 6 saturated heterocycles. The van der Waals surface area contributed by atoms with E-state index >= 15 is 0 Å². The Hall–Kier alpha value is -3.44. The fraction of sp³-hybridized carbons (Fsp3) is 0.933. The summed E-state index contributed by atoms with van der Waals surface area (Å²) in [6.07, 6.45) is -57.9. The zero-order valence-electron chi connectivity index (χ0n) is 44.5. The molecule has 20 N–H and O–H groups in total. The molecule has 0 bridgehead atoms. The van der Waals surface area contributed by atoms with Crippen LogP contribution in [0.4, 0.5) is 0 Å². The number of aliphatic hydroxyl groups excluding tert-OH is 17. The first-order valence-corrected chi connectivity index (χ1v) is 26.1. The molecule has 0 aromatic rings. The Bertz CT molecular complexity index is 2140. The lowest BCUT2D eigenvalue weighted by molar-refractivity contribution is -0.399. The maximum atomic E-state index is 13.2. The van der Waals surface area contributed by atoms with Gasteiger partial charge in [0.2, 0.25) is 11.8 Å². The fourth-order valence-electron chi connectivity index (χ4n) is 10.3. The van der Waals surface area contributed by atoms with Crippen molar-refractivity contribution in [3.8, 4) is 0 Å². The second-order valence-electron chi connectivity index (χ2n) is 20.4. The van der Waals surface area contributed by atoms with E-state index in [4.69, 9.17) is 62.4 Å². The molecule has 6 fully saturated rings. The minimum Gasteiger partial charge on any atom is -0.477 e. The van der Waals surface area contributed by atoms with Crippen LogP contribution in [0.1, 0.15) is 27.2 Å². The van der Waals surface area contributed by atoms with Gasteiger partial charge in [0, 0.05) is 31.7 Å². The molecular formula is C45H75N5O33. The number of carboxylic acids is 1. The molecule has 0 radical (unpaired) electrons. The molecule has 6 rings (SSSR count). The number of carboxylic acid groups (broad SMARTS) is 1. The van der Waals surface area contributed by atoms with Crippen LogP contribution in [-0.2, 0) is 71.2 Å². The third-order valence-corrected chi connectivity index (χ3v) is 14.7. The summed E-state index contributed by atoms with van der Waals surface area (Å²) in [5.74, 6) is -7.18. The lowest BCUT2D eigenvalue weighted by Gasteiger charge is -2.52. The first-order valence-electron chi connectivity index (χ1n) is 26.1. The van der Waals surface area contributed by atoms with E-state index in [0.29, 0.717) is 0 Å². The van der Waals surface area contributed by atoms with Crippen LogP contribution in [0.15, 0.2) is 5.11 Å². The molecule has 0 aliphatic carbocycles. The predicted octanol–water partition coefficient (Wildman–Crippen LogP) is -12.2. The van der Waals surface area contributed by atoms with E-state index in [1.54, 1.807) is 0 Å². The SMILES string of the molecule is CC(=O)NC1C(O)CC(OC2C(O)C(CO)OC(OC3C(CO)OC(OC4C(O)C(CO)OC(OC5C(CO)OC(OCCN=[N+]=[N-])C(O)C5O)C4O)C(NC(C)=O)C3OC3OC(C)C(O)C(O)C3O)C2O)(C(=O)O)OC1C(O)C(O)CO. The van der Waals surface area contributed by atoms with Crippen molar-refractivity contribution in [1.82, 2.24) is 10.6 Å². The summed E-state index contributed by atoms with van der Waals surface area (Å²) in [7, 11) is 0. The summed E-state index contributed by atoms with van der Waals surface area (Å²) >= 11 is 0. The highest BCUT2D eigenvalue weighted by Crippen LogP contribution is 2.40. The fourth-order valence-corrected chi connectivity index (χ4v) is 10.3. The first kappa shape index (κ1) is 68.7. The number of nitrogens with zero attached hydrogens (tertiary/aromatic N) is 3. The van der Waals surface area contributed by atoms with Gasteiger partial charge < -0.3 is 159 Å². The van der Waals surface area contributed by atoms with Crippen LogP contribution in [0, 0.1) is 0 Å². The van der Waals surface area contributed by atoms with Gasteiger partial charge in [0.1, 0.15) is 134 Å². The number of azide groups is 1. The Labute approximate surface area is 469 Å². The van der Waals surface area contributed by atoms with Gasteiger partial charge in [-0.1, -0.05) is 5.11 Å². The molecule has 38 heteroatoms. The Balaban J connectivity index is 1.35. The monoisotopic (exact) mass is 1210 g/mol. The van der Waals surface area contributed by atoms with Crippen molar-refractivity contribution >= 4 is 17.8 Å². The minimum atomic E-state index is -3.26. The molecule has 6 aliphatic heterocycles. The summed E-state index contributed by atoms with van der Waals surface area (Å²) < 4.78 is 69.8. The number of hydrogen-bond acceptors (Lipinski definition) is 33. The van der Waals surface area contributed by atoms with E-state index in [2.05, 4.69) is 20.7 Å². The van der Waals surface area contributed by atoms with Crippen molar-refractivity contribution in [2.45, 2.75) is 217 Å². The van der Waals surface area contributed by atoms with Crippen molar-refractivity contribution in [2.75, 3.05) is 46.2 Å². The van der Waals surface area contributed by atoms with Gasteiger partial charge in [-0.3, -0.25) is 9.59 Å². The zero-order chi connectivity index (χ0) is 61.5. The maximum absolute atomic E-state index is 13.2. The highest BCUT2D eigenvalue weighted by molar-refractivity contribution is 5.76. The van der Waals surface area contributed by atoms with E-state index in [-0.39, 0.29) is 13.2 Å². The van der Waals surface area contributed by atoms with E-state index < -0.39 is 247 Å². The molecule has 31 unspecified atom stereocenters. The van der Waals surface area contributed by atoms with Crippen LogP contribution in [0.5, 0.6) is 0 Å². The molecule has 0 saturated carbocycles. The number of aliphatic hydroxyl groups is 17.